The van der Waals surface area contributed by atoms with Gasteiger partial charge in [-0.15, -0.1) is 0 Å². The summed E-state index contributed by atoms with van der Waals surface area (Å²) in [6.07, 6.45) is 3.39. The Balaban J connectivity index is 1.83. The fourth-order valence-corrected chi connectivity index (χ4v) is 3.35. The Morgan fingerprint density at radius 1 is 1.10 bits per heavy atom. The van der Waals surface area contributed by atoms with Crippen molar-refractivity contribution in [3.8, 4) is 0 Å². The van der Waals surface area contributed by atoms with Gasteiger partial charge in [0.1, 0.15) is 0 Å². The Morgan fingerprint density at radius 3 is 2.24 bits per heavy atom. The Morgan fingerprint density at radius 2 is 1.71 bits per heavy atom. The summed E-state index contributed by atoms with van der Waals surface area (Å²) in [5.41, 5.74) is 0.723. The van der Waals surface area contributed by atoms with Crippen LogP contribution in [0.25, 0.3) is 0 Å². The maximum Gasteiger partial charge on any atom is 0.213 e. The van der Waals surface area contributed by atoms with Crippen LogP contribution in [-0.4, -0.2) is 41.4 Å². The van der Waals surface area contributed by atoms with Crippen LogP contribution in [-0.2, 0) is 26.4 Å². The molecule has 1 aliphatic rings. The van der Waals surface area contributed by atoms with Crippen molar-refractivity contribution < 1.29 is 16.8 Å². The second-order valence-corrected chi connectivity index (χ2v) is 9.23. The molecule has 2 rings (SSSR count). The Bertz CT molecular complexity index is 677. The van der Waals surface area contributed by atoms with Gasteiger partial charge >= 0.3 is 0 Å². The Hall–Kier alpha value is -0.960. The molecule has 0 atom stereocenters. The highest BCUT2D eigenvalue weighted by Crippen LogP contribution is 2.18. The van der Waals surface area contributed by atoms with Crippen LogP contribution < -0.4 is 10.0 Å². The maximum absolute atomic E-state index is 11.8. The highest BCUT2D eigenvalue weighted by Gasteiger charge is 2.21. The van der Waals surface area contributed by atoms with Gasteiger partial charge in [0.25, 0.3) is 0 Å². The lowest BCUT2D eigenvalue weighted by Gasteiger charge is -2.08. The highest BCUT2D eigenvalue weighted by atomic mass is 32.2. The standard InChI is InChI=1S/C13H20N2O4S2/c1-20(16,17)13-6-2-11(3-7-13)10-15-21(18,19)9-8-14-12-4-5-12/h2-3,6-7,12,14-15H,4-5,8-10H2,1H3. The zero-order valence-corrected chi connectivity index (χ0v) is 13.5. The zero-order chi connectivity index (χ0) is 15.5. The van der Waals surface area contributed by atoms with Crippen molar-refractivity contribution in [3.63, 3.8) is 0 Å². The molecule has 0 radical (unpaired) electrons. The van der Waals surface area contributed by atoms with E-state index in [-0.39, 0.29) is 17.2 Å². The van der Waals surface area contributed by atoms with E-state index in [0.29, 0.717) is 12.6 Å². The van der Waals surface area contributed by atoms with Gasteiger partial charge in [-0.05, 0) is 30.5 Å². The largest absolute Gasteiger partial charge is 0.313 e. The fraction of sp³-hybridized carbons (Fsp3) is 0.538. The van der Waals surface area contributed by atoms with E-state index in [1.54, 1.807) is 12.1 Å². The van der Waals surface area contributed by atoms with Crippen molar-refractivity contribution >= 4 is 19.9 Å². The lowest BCUT2D eigenvalue weighted by atomic mass is 10.2. The third-order valence-electron chi connectivity index (χ3n) is 3.23. The van der Waals surface area contributed by atoms with Crippen LogP contribution in [0.5, 0.6) is 0 Å². The molecule has 1 aromatic rings. The number of rotatable bonds is 8. The summed E-state index contributed by atoms with van der Waals surface area (Å²) in [5, 5.41) is 3.15. The van der Waals surface area contributed by atoms with Crippen molar-refractivity contribution in [2.24, 2.45) is 0 Å². The molecule has 2 N–H and O–H groups in total. The lowest BCUT2D eigenvalue weighted by molar-refractivity contribution is 0.576. The van der Waals surface area contributed by atoms with Gasteiger partial charge in [-0.1, -0.05) is 12.1 Å². The van der Waals surface area contributed by atoms with E-state index >= 15 is 0 Å². The van der Waals surface area contributed by atoms with E-state index in [1.165, 1.54) is 12.1 Å². The molecule has 6 nitrogen and oxygen atoms in total. The van der Waals surface area contributed by atoms with Crippen molar-refractivity contribution in [2.75, 3.05) is 18.6 Å². The van der Waals surface area contributed by atoms with Crippen LogP contribution >= 0.6 is 0 Å². The monoisotopic (exact) mass is 332 g/mol. The van der Waals surface area contributed by atoms with Gasteiger partial charge < -0.3 is 5.32 Å². The zero-order valence-electron chi connectivity index (χ0n) is 11.9. The smallest absolute Gasteiger partial charge is 0.213 e. The molecule has 118 valence electrons. The molecule has 0 spiro atoms. The van der Waals surface area contributed by atoms with E-state index in [2.05, 4.69) is 10.0 Å². The van der Waals surface area contributed by atoms with Crippen LogP contribution in [0, 0.1) is 0 Å². The second kappa shape index (κ2) is 6.43. The first-order valence-corrected chi connectivity index (χ1v) is 10.3. The van der Waals surface area contributed by atoms with Gasteiger partial charge in [-0.25, -0.2) is 21.6 Å². The molecule has 0 saturated heterocycles. The van der Waals surface area contributed by atoms with Crippen LogP contribution in [0.4, 0.5) is 0 Å². The Kier molecular flexibility index (Phi) is 5.03. The van der Waals surface area contributed by atoms with Gasteiger partial charge in [0.2, 0.25) is 10.0 Å². The van der Waals surface area contributed by atoms with Crippen molar-refractivity contribution in [1.29, 1.82) is 0 Å². The fourth-order valence-electron chi connectivity index (χ4n) is 1.80. The minimum atomic E-state index is -3.32. The molecule has 0 heterocycles. The first kappa shape index (κ1) is 16.4. The second-order valence-electron chi connectivity index (χ2n) is 5.28. The number of sulfone groups is 1. The predicted octanol–water partition coefficient (Wildman–Crippen LogP) is 0.262. The first-order valence-electron chi connectivity index (χ1n) is 6.76. The van der Waals surface area contributed by atoms with Gasteiger partial charge in [0.05, 0.1) is 10.6 Å². The summed E-state index contributed by atoms with van der Waals surface area (Å²) < 4.78 is 48.7. The quantitative estimate of drug-likeness (QED) is 0.712. The molecule has 0 unspecified atom stereocenters. The van der Waals surface area contributed by atoms with Crippen molar-refractivity contribution in [3.05, 3.63) is 29.8 Å². The number of hydrogen-bond acceptors (Lipinski definition) is 5. The van der Waals surface area contributed by atoms with Crippen molar-refractivity contribution in [2.45, 2.75) is 30.3 Å². The van der Waals surface area contributed by atoms with E-state index in [4.69, 9.17) is 0 Å². The number of nitrogens with one attached hydrogen (secondary N) is 2. The molecule has 21 heavy (non-hydrogen) atoms. The lowest BCUT2D eigenvalue weighted by Crippen LogP contribution is -2.32. The molecule has 0 aliphatic heterocycles. The molecule has 8 heteroatoms. The van der Waals surface area contributed by atoms with E-state index in [0.717, 1.165) is 24.7 Å². The number of hydrogen-bond donors (Lipinski definition) is 2. The Labute approximate surface area is 125 Å². The molecule has 1 aliphatic carbocycles. The van der Waals surface area contributed by atoms with Gasteiger partial charge in [-0.2, -0.15) is 0 Å². The molecule has 0 amide bonds. The maximum atomic E-state index is 11.8. The molecular formula is C13H20N2O4S2. The summed E-state index contributed by atoms with van der Waals surface area (Å²) in [6, 6.07) is 6.67. The van der Waals surface area contributed by atoms with Crippen LogP contribution in [0.2, 0.25) is 0 Å². The number of benzene rings is 1. The molecule has 1 aromatic carbocycles. The summed E-state index contributed by atoms with van der Waals surface area (Å²) in [7, 11) is -6.54. The van der Waals surface area contributed by atoms with Crippen LogP contribution in [0.1, 0.15) is 18.4 Å². The molecular weight excluding hydrogens is 312 g/mol. The topological polar surface area (TPSA) is 92.3 Å². The average molecular weight is 332 g/mol. The third kappa shape index (κ3) is 5.74. The SMILES string of the molecule is CS(=O)(=O)c1ccc(CNS(=O)(=O)CCNC2CC2)cc1. The van der Waals surface area contributed by atoms with Gasteiger partial charge in [0.15, 0.2) is 9.84 Å². The van der Waals surface area contributed by atoms with E-state index in [1.807, 2.05) is 0 Å². The van der Waals surface area contributed by atoms with Crippen LogP contribution in [0.3, 0.4) is 0 Å². The average Bonchev–Trinajstić information content (AvgIpc) is 3.20. The van der Waals surface area contributed by atoms with E-state index in [9.17, 15) is 16.8 Å². The normalized spacial score (nSPS) is 16.0. The molecule has 1 fully saturated rings. The molecule has 0 bridgehead atoms. The summed E-state index contributed by atoms with van der Waals surface area (Å²) >= 11 is 0. The summed E-state index contributed by atoms with van der Waals surface area (Å²) in [5.74, 6) is 0.0466. The minimum absolute atomic E-state index is 0.0466. The molecule has 0 aromatic heterocycles. The third-order valence-corrected chi connectivity index (χ3v) is 5.68. The van der Waals surface area contributed by atoms with E-state index < -0.39 is 19.9 Å². The highest BCUT2D eigenvalue weighted by molar-refractivity contribution is 7.90. The number of sulfonamides is 1. The van der Waals surface area contributed by atoms with Crippen LogP contribution in [0.15, 0.2) is 29.2 Å². The minimum Gasteiger partial charge on any atom is -0.313 e. The summed E-state index contributed by atoms with van der Waals surface area (Å²) in [6.45, 7) is 0.614. The van der Waals surface area contributed by atoms with Gasteiger partial charge in [0, 0.05) is 25.4 Å². The van der Waals surface area contributed by atoms with Gasteiger partial charge in [-0.3, -0.25) is 0 Å². The molecule has 1 saturated carbocycles. The predicted molar refractivity (Wildman–Crippen MR) is 81.2 cm³/mol. The van der Waals surface area contributed by atoms with Crippen molar-refractivity contribution in [1.82, 2.24) is 10.0 Å². The summed E-state index contributed by atoms with van der Waals surface area (Å²) in [4.78, 5) is 0.225. The first-order chi connectivity index (χ1) is 9.76.